The first-order valence-corrected chi connectivity index (χ1v) is 14.7. The third kappa shape index (κ3) is 5.17. The largest absolute Gasteiger partial charge is 0.493 e. The maximum Gasteiger partial charge on any atom is 0.243 e. The minimum atomic E-state index is -3.73. The van der Waals surface area contributed by atoms with E-state index in [1.807, 2.05) is 11.8 Å². The fraction of sp³-hybridized carbons (Fsp3) is 0.500. The molecule has 1 saturated carbocycles. The number of ether oxygens (including phenoxy) is 3. The van der Waals surface area contributed by atoms with Gasteiger partial charge in [0.25, 0.3) is 0 Å². The van der Waals surface area contributed by atoms with Gasteiger partial charge in [0.1, 0.15) is 0 Å². The molecule has 2 aromatic rings. The van der Waals surface area contributed by atoms with Crippen molar-refractivity contribution in [1.29, 1.82) is 0 Å². The summed E-state index contributed by atoms with van der Waals surface area (Å²) in [5.74, 6) is 1.01. The molecule has 11 heteroatoms. The molecule has 2 heterocycles. The molecule has 39 heavy (non-hydrogen) atoms. The second-order valence-corrected chi connectivity index (χ2v) is 12.3. The van der Waals surface area contributed by atoms with Crippen molar-refractivity contribution < 1.29 is 32.2 Å². The summed E-state index contributed by atoms with van der Waals surface area (Å²) in [4.78, 5) is 27.8. The number of fused-ring (bicyclic) bond motifs is 1. The molecule has 0 spiro atoms. The van der Waals surface area contributed by atoms with Crippen LogP contribution in [-0.4, -0.2) is 65.0 Å². The summed E-state index contributed by atoms with van der Waals surface area (Å²) < 4.78 is 44.4. The van der Waals surface area contributed by atoms with Crippen LogP contribution < -0.4 is 24.4 Å². The Hall–Kier alpha value is -3.31. The van der Waals surface area contributed by atoms with Gasteiger partial charge in [-0.2, -0.15) is 4.31 Å². The average Bonchev–Trinajstić information content (AvgIpc) is 3.73. The number of carbonyl (C=O) groups excluding carboxylic acids is 2. The Morgan fingerprint density at radius 3 is 2.10 bits per heavy atom. The number of anilines is 2. The number of sulfonamides is 1. The molecule has 10 nitrogen and oxygen atoms in total. The number of benzene rings is 2. The predicted molar refractivity (Wildman–Crippen MR) is 146 cm³/mol. The van der Waals surface area contributed by atoms with Gasteiger partial charge < -0.3 is 24.4 Å². The van der Waals surface area contributed by atoms with Crippen LogP contribution in [0.2, 0.25) is 0 Å². The number of nitrogens with one attached hydrogen (secondary N) is 1. The molecule has 0 unspecified atom stereocenters. The molecule has 1 N–H and O–H groups in total. The molecule has 0 radical (unpaired) electrons. The number of methoxy groups -OCH3 is 3. The second-order valence-electron chi connectivity index (χ2n) is 10.4. The molecule has 1 aliphatic carbocycles. The lowest BCUT2D eigenvalue weighted by Crippen LogP contribution is -2.41. The first-order chi connectivity index (χ1) is 18.7. The van der Waals surface area contributed by atoms with E-state index < -0.39 is 10.0 Å². The van der Waals surface area contributed by atoms with Crippen molar-refractivity contribution in [3.8, 4) is 17.2 Å². The van der Waals surface area contributed by atoms with Crippen LogP contribution in [0.3, 0.4) is 0 Å². The Balaban J connectivity index is 1.24. The quantitative estimate of drug-likeness (QED) is 0.529. The first-order valence-electron chi connectivity index (χ1n) is 13.2. The predicted octanol–water partition coefficient (Wildman–Crippen LogP) is 3.44. The normalized spacial score (nSPS) is 19.9. The van der Waals surface area contributed by atoms with E-state index in [0.29, 0.717) is 42.2 Å². The Morgan fingerprint density at radius 2 is 1.54 bits per heavy atom. The zero-order chi connectivity index (χ0) is 27.9. The Kier molecular flexibility index (Phi) is 7.47. The molecule has 210 valence electrons. The first kappa shape index (κ1) is 27.3. The minimum Gasteiger partial charge on any atom is -0.493 e. The maximum atomic E-state index is 13.5. The number of hydrogen-bond donors (Lipinski definition) is 1. The van der Waals surface area contributed by atoms with E-state index in [9.17, 15) is 18.0 Å². The van der Waals surface area contributed by atoms with Gasteiger partial charge in [-0.3, -0.25) is 9.59 Å². The van der Waals surface area contributed by atoms with Gasteiger partial charge in [0.05, 0.1) is 26.2 Å². The van der Waals surface area contributed by atoms with Gasteiger partial charge in [0.15, 0.2) is 11.5 Å². The second kappa shape index (κ2) is 10.7. The summed E-state index contributed by atoms with van der Waals surface area (Å²) in [5, 5.41) is 2.90. The number of piperidine rings is 1. The monoisotopic (exact) mass is 557 g/mol. The van der Waals surface area contributed by atoms with Gasteiger partial charge in [-0.05, 0) is 62.8 Å². The van der Waals surface area contributed by atoms with Crippen LogP contribution in [0.25, 0.3) is 0 Å². The number of nitrogens with zero attached hydrogens (tertiary/aromatic N) is 2. The summed E-state index contributed by atoms with van der Waals surface area (Å²) in [5.41, 5.74) is 2.21. The Morgan fingerprint density at radius 1 is 0.897 bits per heavy atom. The van der Waals surface area contributed by atoms with Crippen LogP contribution in [0.5, 0.6) is 17.2 Å². The maximum absolute atomic E-state index is 13.5. The Bertz CT molecular complexity index is 1360. The third-order valence-electron chi connectivity index (χ3n) is 7.83. The van der Waals surface area contributed by atoms with Crippen molar-refractivity contribution >= 4 is 33.2 Å². The minimum absolute atomic E-state index is 0.0194. The van der Waals surface area contributed by atoms with E-state index in [2.05, 4.69) is 5.32 Å². The molecule has 0 aromatic heterocycles. The molecule has 3 aliphatic rings. The molecule has 2 aliphatic heterocycles. The zero-order valence-electron chi connectivity index (χ0n) is 22.7. The van der Waals surface area contributed by atoms with Gasteiger partial charge in [-0.1, -0.05) is 0 Å². The molecule has 2 aromatic carbocycles. The molecule has 1 saturated heterocycles. The van der Waals surface area contributed by atoms with Crippen molar-refractivity contribution in [3.05, 3.63) is 35.9 Å². The highest BCUT2D eigenvalue weighted by molar-refractivity contribution is 7.89. The van der Waals surface area contributed by atoms with Crippen molar-refractivity contribution in [2.45, 2.75) is 50.0 Å². The fourth-order valence-corrected chi connectivity index (χ4v) is 7.06. The van der Waals surface area contributed by atoms with E-state index >= 15 is 0 Å². The standard InChI is InChI=1S/C28H35N3O7S/c1-17-13-20-14-22(7-8-23(20)31(17)28(33)19-5-6-19)39(34,35)30-11-9-18(10-12-30)27(32)29-21-15-24(36-2)26(38-4)25(16-21)37-3/h7-8,14-19H,5-6,9-13H2,1-4H3,(H,29,32)/t17-/m1/s1. The third-order valence-corrected chi connectivity index (χ3v) is 9.72. The van der Waals surface area contributed by atoms with Gasteiger partial charge in [-0.25, -0.2) is 8.42 Å². The topological polar surface area (TPSA) is 114 Å². The fourth-order valence-electron chi connectivity index (χ4n) is 5.54. The number of hydrogen-bond acceptors (Lipinski definition) is 7. The van der Waals surface area contributed by atoms with Crippen molar-refractivity contribution in [1.82, 2.24) is 4.31 Å². The van der Waals surface area contributed by atoms with Gasteiger partial charge in [-0.15, -0.1) is 0 Å². The SMILES string of the molecule is COc1cc(NC(=O)C2CCN(S(=O)(=O)c3ccc4c(c3)C[C@@H](C)N4C(=O)C3CC3)CC2)cc(OC)c1OC. The highest BCUT2D eigenvalue weighted by atomic mass is 32.2. The highest BCUT2D eigenvalue weighted by Gasteiger charge is 2.40. The molecular weight excluding hydrogens is 522 g/mol. The summed E-state index contributed by atoms with van der Waals surface area (Å²) >= 11 is 0. The smallest absolute Gasteiger partial charge is 0.243 e. The van der Waals surface area contributed by atoms with E-state index in [1.54, 1.807) is 30.3 Å². The van der Waals surface area contributed by atoms with Gasteiger partial charge in [0.2, 0.25) is 27.6 Å². The van der Waals surface area contributed by atoms with E-state index in [-0.39, 0.29) is 47.7 Å². The van der Waals surface area contributed by atoms with Crippen LogP contribution >= 0.6 is 0 Å². The highest BCUT2D eigenvalue weighted by Crippen LogP contribution is 2.41. The number of rotatable bonds is 8. The summed E-state index contributed by atoms with van der Waals surface area (Å²) in [6.45, 7) is 2.49. The average molecular weight is 558 g/mol. The van der Waals surface area contributed by atoms with Crippen LogP contribution in [0.4, 0.5) is 11.4 Å². The van der Waals surface area contributed by atoms with Gasteiger partial charge >= 0.3 is 0 Å². The lowest BCUT2D eigenvalue weighted by atomic mass is 9.97. The molecule has 2 fully saturated rings. The van der Waals surface area contributed by atoms with Crippen LogP contribution in [0.1, 0.15) is 38.2 Å². The lowest BCUT2D eigenvalue weighted by Gasteiger charge is -2.30. The van der Waals surface area contributed by atoms with E-state index in [4.69, 9.17) is 14.2 Å². The molecular formula is C28H35N3O7S. The van der Waals surface area contributed by atoms with Crippen molar-refractivity contribution in [2.24, 2.45) is 11.8 Å². The summed E-state index contributed by atoms with van der Waals surface area (Å²) in [7, 11) is 0.792. The lowest BCUT2D eigenvalue weighted by molar-refractivity contribution is -0.121. The number of carbonyl (C=O) groups is 2. The number of amides is 2. The molecule has 5 rings (SSSR count). The molecule has 2 amide bonds. The van der Waals surface area contributed by atoms with Gasteiger partial charge in [0, 0.05) is 54.5 Å². The van der Waals surface area contributed by atoms with Crippen molar-refractivity contribution in [2.75, 3.05) is 44.6 Å². The van der Waals surface area contributed by atoms with Crippen LogP contribution in [0.15, 0.2) is 35.2 Å². The molecule has 1 atom stereocenters. The van der Waals surface area contributed by atoms with E-state index in [1.165, 1.54) is 25.6 Å². The Labute approximate surface area is 229 Å². The van der Waals surface area contributed by atoms with Crippen molar-refractivity contribution in [3.63, 3.8) is 0 Å². The van der Waals surface area contributed by atoms with Crippen LogP contribution in [-0.2, 0) is 26.0 Å². The van der Waals surface area contributed by atoms with E-state index in [0.717, 1.165) is 24.1 Å². The summed E-state index contributed by atoms with van der Waals surface area (Å²) in [6, 6.07) is 8.42. The van der Waals surface area contributed by atoms with Crippen LogP contribution in [0, 0.1) is 11.8 Å². The molecule has 0 bridgehead atoms. The zero-order valence-corrected chi connectivity index (χ0v) is 23.5. The summed E-state index contributed by atoms with van der Waals surface area (Å²) in [6.07, 6.45) is 3.31.